The second-order valence-corrected chi connectivity index (χ2v) is 2.41. The largest absolute Gasteiger partial charge is 0.478 e. The van der Waals surface area contributed by atoms with Crippen molar-refractivity contribution in [2.24, 2.45) is 0 Å². The summed E-state index contributed by atoms with van der Waals surface area (Å²) in [6.07, 6.45) is 0. The van der Waals surface area contributed by atoms with Crippen LogP contribution < -0.4 is 0 Å². The zero-order valence-electron chi connectivity index (χ0n) is 6.56. The molecule has 0 fully saturated rings. The van der Waals surface area contributed by atoms with Gasteiger partial charge in [-0.15, -0.1) is 0 Å². The van der Waals surface area contributed by atoms with E-state index in [0.29, 0.717) is 0 Å². The van der Waals surface area contributed by atoms with Gasteiger partial charge in [-0.3, -0.25) is 0 Å². The second kappa shape index (κ2) is 3.20. The van der Waals surface area contributed by atoms with Crippen LogP contribution in [-0.4, -0.2) is 11.1 Å². The van der Waals surface area contributed by atoms with E-state index in [-0.39, 0.29) is 5.57 Å². The summed E-state index contributed by atoms with van der Waals surface area (Å²) in [4.78, 5) is 10.3. The third kappa shape index (κ3) is 2.05. The van der Waals surface area contributed by atoms with Crippen molar-refractivity contribution in [3.8, 4) is 0 Å². The van der Waals surface area contributed by atoms with Gasteiger partial charge in [0.2, 0.25) is 0 Å². The standard InChI is InChI=1S/C8H12O2/c1-5(2)6(3)7(4)8(9)10/h4H2,1-3H3,(H,9,10). The van der Waals surface area contributed by atoms with Gasteiger partial charge in [-0.25, -0.2) is 4.79 Å². The molecule has 0 aliphatic rings. The summed E-state index contributed by atoms with van der Waals surface area (Å²) in [5.74, 6) is -0.946. The van der Waals surface area contributed by atoms with E-state index >= 15 is 0 Å². The van der Waals surface area contributed by atoms with Gasteiger partial charge < -0.3 is 5.11 Å². The van der Waals surface area contributed by atoms with Crippen LogP contribution in [0.1, 0.15) is 20.8 Å². The molecule has 0 heterocycles. The van der Waals surface area contributed by atoms with Gasteiger partial charge in [0.05, 0.1) is 5.57 Å². The first-order valence-electron chi connectivity index (χ1n) is 3.03. The molecule has 0 bridgehead atoms. The number of carboxylic acid groups (broad SMARTS) is 1. The number of hydrogen-bond acceptors (Lipinski definition) is 1. The predicted octanol–water partition coefficient (Wildman–Crippen LogP) is 1.98. The minimum Gasteiger partial charge on any atom is -0.478 e. The Labute approximate surface area is 60.9 Å². The molecule has 0 aliphatic carbocycles. The molecule has 0 atom stereocenters. The van der Waals surface area contributed by atoms with Crippen LogP contribution in [0.4, 0.5) is 0 Å². The highest BCUT2D eigenvalue weighted by atomic mass is 16.4. The van der Waals surface area contributed by atoms with Crippen molar-refractivity contribution in [2.75, 3.05) is 0 Å². The maximum Gasteiger partial charge on any atom is 0.335 e. The molecule has 0 saturated carbocycles. The zero-order valence-corrected chi connectivity index (χ0v) is 6.56. The zero-order chi connectivity index (χ0) is 8.31. The number of hydrogen-bond donors (Lipinski definition) is 1. The first-order chi connectivity index (χ1) is 4.46. The highest BCUT2D eigenvalue weighted by molar-refractivity contribution is 5.90. The van der Waals surface area contributed by atoms with Gasteiger partial charge in [0.1, 0.15) is 0 Å². The van der Waals surface area contributed by atoms with Crippen LogP contribution in [-0.2, 0) is 4.79 Å². The molecule has 56 valence electrons. The molecule has 0 amide bonds. The summed E-state index contributed by atoms with van der Waals surface area (Å²) in [6.45, 7) is 8.90. The number of carbonyl (C=O) groups is 1. The van der Waals surface area contributed by atoms with Crippen molar-refractivity contribution in [1.82, 2.24) is 0 Å². The molecule has 0 aromatic heterocycles. The maximum atomic E-state index is 10.3. The van der Waals surface area contributed by atoms with Crippen molar-refractivity contribution in [2.45, 2.75) is 20.8 Å². The van der Waals surface area contributed by atoms with Crippen LogP contribution >= 0.6 is 0 Å². The quantitative estimate of drug-likeness (QED) is 0.470. The van der Waals surface area contributed by atoms with E-state index in [2.05, 4.69) is 6.58 Å². The Morgan fingerprint density at radius 2 is 1.70 bits per heavy atom. The molecule has 1 N–H and O–H groups in total. The highest BCUT2D eigenvalue weighted by Gasteiger charge is 2.05. The minimum atomic E-state index is -0.946. The van der Waals surface area contributed by atoms with Gasteiger partial charge in [0.25, 0.3) is 0 Å². The van der Waals surface area contributed by atoms with Crippen molar-refractivity contribution < 1.29 is 9.90 Å². The molecule has 0 spiro atoms. The summed E-state index contributed by atoms with van der Waals surface area (Å²) >= 11 is 0. The van der Waals surface area contributed by atoms with Gasteiger partial charge >= 0.3 is 5.97 Å². The Morgan fingerprint density at radius 3 is 1.80 bits per heavy atom. The third-order valence-corrected chi connectivity index (χ3v) is 1.46. The van der Waals surface area contributed by atoms with Crippen molar-refractivity contribution in [3.05, 3.63) is 23.3 Å². The Kier molecular flexibility index (Phi) is 2.87. The summed E-state index contributed by atoms with van der Waals surface area (Å²) in [5, 5.41) is 8.47. The molecule has 2 nitrogen and oxygen atoms in total. The molecule has 0 rings (SSSR count). The van der Waals surface area contributed by atoms with Crippen LogP contribution in [0, 0.1) is 0 Å². The van der Waals surface area contributed by atoms with Gasteiger partial charge in [-0.2, -0.15) is 0 Å². The summed E-state index contributed by atoms with van der Waals surface area (Å²) in [7, 11) is 0. The van der Waals surface area contributed by atoms with Gasteiger partial charge in [0, 0.05) is 0 Å². The average molecular weight is 140 g/mol. The lowest BCUT2D eigenvalue weighted by atomic mass is 10.1. The van der Waals surface area contributed by atoms with Crippen LogP contribution in [0.5, 0.6) is 0 Å². The fourth-order valence-electron chi connectivity index (χ4n) is 0.462. The van der Waals surface area contributed by atoms with E-state index in [4.69, 9.17) is 5.11 Å². The third-order valence-electron chi connectivity index (χ3n) is 1.46. The normalized spacial score (nSPS) is 8.70. The van der Waals surface area contributed by atoms with E-state index in [1.54, 1.807) is 6.92 Å². The summed E-state index contributed by atoms with van der Waals surface area (Å²) in [5.41, 5.74) is 1.93. The van der Waals surface area contributed by atoms with Crippen LogP contribution in [0.2, 0.25) is 0 Å². The van der Waals surface area contributed by atoms with Crippen LogP contribution in [0.15, 0.2) is 23.3 Å². The number of aliphatic carboxylic acids is 1. The number of allylic oxidation sites excluding steroid dienone is 1. The smallest absolute Gasteiger partial charge is 0.335 e. The average Bonchev–Trinajstić information content (AvgIpc) is 1.84. The molecular weight excluding hydrogens is 128 g/mol. The molecule has 0 unspecified atom stereocenters. The van der Waals surface area contributed by atoms with Crippen molar-refractivity contribution in [1.29, 1.82) is 0 Å². The van der Waals surface area contributed by atoms with Crippen LogP contribution in [0.3, 0.4) is 0 Å². The molecule has 0 saturated heterocycles. The Bertz CT molecular complexity index is 195. The molecule has 10 heavy (non-hydrogen) atoms. The molecule has 0 aromatic rings. The van der Waals surface area contributed by atoms with E-state index in [0.717, 1.165) is 11.1 Å². The van der Waals surface area contributed by atoms with Crippen molar-refractivity contribution >= 4 is 5.97 Å². The van der Waals surface area contributed by atoms with E-state index in [1.807, 2.05) is 13.8 Å². The summed E-state index contributed by atoms with van der Waals surface area (Å²) in [6, 6.07) is 0. The topological polar surface area (TPSA) is 37.3 Å². The first-order valence-corrected chi connectivity index (χ1v) is 3.03. The van der Waals surface area contributed by atoms with Crippen LogP contribution in [0.25, 0.3) is 0 Å². The molecular formula is C8H12O2. The summed E-state index contributed by atoms with van der Waals surface area (Å²) < 4.78 is 0. The molecule has 0 radical (unpaired) electrons. The van der Waals surface area contributed by atoms with E-state index < -0.39 is 5.97 Å². The number of carboxylic acids is 1. The lowest BCUT2D eigenvalue weighted by Crippen LogP contribution is -2.00. The van der Waals surface area contributed by atoms with E-state index in [9.17, 15) is 4.79 Å². The molecule has 2 heteroatoms. The Morgan fingerprint density at radius 1 is 1.30 bits per heavy atom. The minimum absolute atomic E-state index is 0.181. The fourth-order valence-corrected chi connectivity index (χ4v) is 0.462. The Hall–Kier alpha value is -1.05. The van der Waals surface area contributed by atoms with Gasteiger partial charge in [-0.05, 0) is 26.3 Å². The Balaban J connectivity index is 4.54. The lowest BCUT2D eigenvalue weighted by molar-refractivity contribution is -0.132. The monoisotopic (exact) mass is 140 g/mol. The van der Waals surface area contributed by atoms with Gasteiger partial charge in [0.15, 0.2) is 0 Å². The van der Waals surface area contributed by atoms with Gasteiger partial charge in [-0.1, -0.05) is 12.2 Å². The fraction of sp³-hybridized carbons (Fsp3) is 0.375. The molecule has 0 aliphatic heterocycles. The maximum absolute atomic E-state index is 10.3. The lowest BCUT2D eigenvalue weighted by Gasteiger charge is -2.01. The second-order valence-electron chi connectivity index (χ2n) is 2.41. The predicted molar refractivity (Wildman–Crippen MR) is 40.8 cm³/mol. The highest BCUT2D eigenvalue weighted by Crippen LogP contribution is 2.11. The first kappa shape index (κ1) is 8.95. The molecule has 0 aromatic carbocycles. The van der Waals surface area contributed by atoms with E-state index in [1.165, 1.54) is 0 Å². The van der Waals surface area contributed by atoms with Crippen molar-refractivity contribution in [3.63, 3.8) is 0 Å². The number of rotatable bonds is 2. The SMILES string of the molecule is C=C(C(=O)O)C(C)=C(C)C.